The number of carbonyl (C=O) groups is 1. The van der Waals surface area contributed by atoms with E-state index in [1.165, 1.54) is 0 Å². The number of nitrogens with one attached hydrogen (secondary N) is 1. The first-order chi connectivity index (χ1) is 14.9. The third-order valence-corrected chi connectivity index (χ3v) is 7.40. The number of carbonyl (C=O) groups excluding carboxylic acids is 1. The molecule has 2 N–H and O–H groups in total. The van der Waals surface area contributed by atoms with Gasteiger partial charge in [0, 0.05) is 12.6 Å². The van der Waals surface area contributed by atoms with E-state index in [1.54, 1.807) is 4.90 Å². The molecule has 1 saturated carbocycles. The number of benzene rings is 1. The SMILES string of the molecule is CS(=O)(=O)N[C@H]1CCCN2C(=O)C(CO)Oc3ccccc3C3CCC(CC3)OCC12. The summed E-state index contributed by atoms with van der Waals surface area (Å²) in [5.74, 6) is 0.629. The molecule has 0 spiro atoms. The van der Waals surface area contributed by atoms with Crippen LogP contribution >= 0.6 is 0 Å². The summed E-state index contributed by atoms with van der Waals surface area (Å²) >= 11 is 0. The van der Waals surface area contributed by atoms with Crippen LogP contribution < -0.4 is 9.46 Å². The Kier molecular flexibility index (Phi) is 6.86. The summed E-state index contributed by atoms with van der Waals surface area (Å²) in [6.45, 7) is 0.289. The van der Waals surface area contributed by atoms with E-state index >= 15 is 0 Å². The van der Waals surface area contributed by atoms with Crippen molar-refractivity contribution >= 4 is 15.9 Å². The Hall–Kier alpha value is -1.68. The molecule has 172 valence electrons. The molecule has 8 nitrogen and oxygen atoms in total. The molecule has 2 bridgehead atoms. The zero-order valence-electron chi connectivity index (χ0n) is 17.9. The van der Waals surface area contributed by atoms with Crippen LogP contribution in [0.15, 0.2) is 24.3 Å². The number of rotatable bonds is 3. The lowest BCUT2D eigenvalue weighted by molar-refractivity contribution is -0.147. The van der Waals surface area contributed by atoms with E-state index in [0.29, 0.717) is 31.1 Å². The van der Waals surface area contributed by atoms with Gasteiger partial charge < -0.3 is 19.5 Å². The second kappa shape index (κ2) is 9.44. The molecule has 2 unspecified atom stereocenters. The fourth-order valence-corrected chi connectivity index (χ4v) is 5.98. The molecule has 1 amide bonds. The van der Waals surface area contributed by atoms with Gasteiger partial charge in [-0.05, 0) is 56.1 Å². The predicted molar refractivity (Wildman–Crippen MR) is 115 cm³/mol. The molecule has 5 rings (SSSR count). The van der Waals surface area contributed by atoms with Gasteiger partial charge in [0.15, 0.2) is 6.10 Å². The second-order valence-electron chi connectivity index (χ2n) is 8.87. The molecule has 2 fully saturated rings. The number of sulfonamides is 1. The van der Waals surface area contributed by atoms with Crippen molar-refractivity contribution in [1.29, 1.82) is 0 Å². The molecule has 3 heterocycles. The fourth-order valence-electron chi connectivity index (χ4n) is 5.15. The molecule has 4 aliphatic rings. The zero-order valence-corrected chi connectivity index (χ0v) is 18.7. The molecule has 1 aromatic carbocycles. The highest BCUT2D eigenvalue weighted by Crippen LogP contribution is 2.39. The minimum absolute atomic E-state index is 0.0940. The first-order valence-electron chi connectivity index (χ1n) is 11.1. The Morgan fingerprint density at radius 2 is 1.90 bits per heavy atom. The number of hydrogen-bond donors (Lipinski definition) is 2. The molecule has 0 radical (unpaired) electrons. The van der Waals surface area contributed by atoms with E-state index in [4.69, 9.17) is 9.47 Å². The smallest absolute Gasteiger partial charge is 0.266 e. The maximum Gasteiger partial charge on any atom is 0.266 e. The highest BCUT2D eigenvalue weighted by atomic mass is 32.2. The highest BCUT2D eigenvalue weighted by Gasteiger charge is 2.40. The quantitative estimate of drug-likeness (QED) is 0.718. The van der Waals surface area contributed by atoms with Crippen molar-refractivity contribution < 1.29 is 27.8 Å². The van der Waals surface area contributed by atoms with Gasteiger partial charge >= 0.3 is 0 Å². The number of fused-ring (bicyclic) bond motifs is 5. The van der Waals surface area contributed by atoms with Gasteiger partial charge in [0.2, 0.25) is 10.0 Å². The van der Waals surface area contributed by atoms with Crippen LogP contribution in [0, 0.1) is 0 Å². The van der Waals surface area contributed by atoms with Gasteiger partial charge in [-0.1, -0.05) is 18.2 Å². The van der Waals surface area contributed by atoms with Gasteiger partial charge in [-0.2, -0.15) is 0 Å². The lowest BCUT2D eigenvalue weighted by Gasteiger charge is -2.42. The number of aliphatic hydroxyl groups excluding tert-OH is 1. The van der Waals surface area contributed by atoms with Crippen LogP contribution in [0.5, 0.6) is 5.75 Å². The lowest BCUT2D eigenvalue weighted by atomic mass is 9.82. The summed E-state index contributed by atoms with van der Waals surface area (Å²) in [5.41, 5.74) is 1.07. The van der Waals surface area contributed by atoms with Crippen LogP contribution in [-0.4, -0.2) is 74.6 Å². The van der Waals surface area contributed by atoms with Gasteiger partial charge in [0.25, 0.3) is 5.91 Å². The van der Waals surface area contributed by atoms with Crippen LogP contribution in [-0.2, 0) is 19.6 Å². The van der Waals surface area contributed by atoms with Gasteiger partial charge in [0.1, 0.15) is 5.75 Å². The monoisotopic (exact) mass is 452 g/mol. The number of amides is 1. The highest BCUT2D eigenvalue weighted by molar-refractivity contribution is 7.88. The summed E-state index contributed by atoms with van der Waals surface area (Å²) in [6, 6.07) is 6.87. The van der Waals surface area contributed by atoms with Crippen LogP contribution in [0.3, 0.4) is 0 Å². The zero-order chi connectivity index (χ0) is 22.0. The normalized spacial score (nSPS) is 32.1. The Bertz CT molecular complexity index is 884. The fraction of sp³-hybridized carbons (Fsp3) is 0.682. The van der Waals surface area contributed by atoms with Gasteiger partial charge in [-0.15, -0.1) is 0 Å². The molecule has 31 heavy (non-hydrogen) atoms. The maximum atomic E-state index is 13.4. The van der Waals surface area contributed by atoms with Crippen molar-refractivity contribution in [3.05, 3.63) is 29.8 Å². The average Bonchev–Trinajstić information content (AvgIpc) is 2.76. The Balaban J connectivity index is 1.68. The van der Waals surface area contributed by atoms with E-state index in [2.05, 4.69) is 4.72 Å². The van der Waals surface area contributed by atoms with Gasteiger partial charge in [0.05, 0.1) is 31.6 Å². The standard InChI is InChI=1S/C22H32N2O6S/c1-31(27,28)23-18-6-4-12-24-19(18)14-29-16-10-8-15(9-11-16)17-5-2-3-7-20(17)30-21(13-25)22(24)26/h2-3,5,7,15-16,18-19,21,23,25H,4,6,8-14H2,1H3/t15?,16?,18-,19?,21?/m0/s1. The molecule has 1 aliphatic carbocycles. The number of para-hydroxylation sites is 1. The third kappa shape index (κ3) is 5.22. The Morgan fingerprint density at radius 3 is 2.61 bits per heavy atom. The average molecular weight is 453 g/mol. The first-order valence-corrected chi connectivity index (χ1v) is 13.0. The predicted octanol–water partition coefficient (Wildman–Crippen LogP) is 1.39. The number of nitrogens with zero attached hydrogens (tertiary/aromatic N) is 1. The molecule has 3 atom stereocenters. The molecule has 1 aromatic rings. The summed E-state index contributed by atoms with van der Waals surface area (Å²) in [5, 5.41) is 10.0. The van der Waals surface area contributed by atoms with Crippen LogP contribution in [0.25, 0.3) is 0 Å². The maximum absolute atomic E-state index is 13.4. The minimum atomic E-state index is -3.44. The van der Waals surface area contributed by atoms with Crippen molar-refractivity contribution in [1.82, 2.24) is 9.62 Å². The molecule has 3 aliphatic heterocycles. The van der Waals surface area contributed by atoms with E-state index in [-0.39, 0.29) is 18.6 Å². The number of aliphatic hydroxyl groups is 1. The minimum Gasteiger partial charge on any atom is -0.478 e. The van der Waals surface area contributed by atoms with Crippen LogP contribution in [0.2, 0.25) is 0 Å². The van der Waals surface area contributed by atoms with E-state index in [1.807, 2.05) is 24.3 Å². The molecular formula is C22H32N2O6S. The van der Waals surface area contributed by atoms with Crippen molar-refractivity contribution in [3.8, 4) is 5.75 Å². The van der Waals surface area contributed by atoms with Crippen molar-refractivity contribution in [2.24, 2.45) is 0 Å². The first kappa shape index (κ1) is 22.5. The number of piperidine rings is 1. The van der Waals surface area contributed by atoms with E-state index < -0.39 is 34.8 Å². The summed E-state index contributed by atoms with van der Waals surface area (Å²) in [7, 11) is -3.44. The molecule has 1 saturated heterocycles. The molecule has 0 aromatic heterocycles. The Morgan fingerprint density at radius 1 is 1.16 bits per heavy atom. The second-order valence-corrected chi connectivity index (χ2v) is 10.7. The number of hydrogen-bond acceptors (Lipinski definition) is 6. The third-order valence-electron chi connectivity index (χ3n) is 6.67. The lowest BCUT2D eigenvalue weighted by Crippen LogP contribution is -2.61. The van der Waals surface area contributed by atoms with Crippen molar-refractivity contribution in [3.63, 3.8) is 0 Å². The van der Waals surface area contributed by atoms with Gasteiger partial charge in [-0.3, -0.25) is 4.79 Å². The number of ether oxygens (including phenoxy) is 2. The topological polar surface area (TPSA) is 105 Å². The summed E-state index contributed by atoms with van der Waals surface area (Å²) in [6.07, 6.45) is 5.22. The van der Waals surface area contributed by atoms with Gasteiger partial charge in [-0.25, -0.2) is 13.1 Å². The van der Waals surface area contributed by atoms with Crippen molar-refractivity contribution in [2.75, 3.05) is 26.0 Å². The van der Waals surface area contributed by atoms with E-state index in [9.17, 15) is 18.3 Å². The summed E-state index contributed by atoms with van der Waals surface area (Å²) in [4.78, 5) is 15.1. The Labute approximate surface area is 184 Å². The van der Waals surface area contributed by atoms with E-state index in [0.717, 1.165) is 37.5 Å². The van der Waals surface area contributed by atoms with Crippen LogP contribution in [0.4, 0.5) is 0 Å². The largest absolute Gasteiger partial charge is 0.478 e. The van der Waals surface area contributed by atoms with Crippen LogP contribution in [0.1, 0.15) is 50.0 Å². The summed E-state index contributed by atoms with van der Waals surface area (Å²) < 4.78 is 38.9. The molecule has 9 heteroatoms. The van der Waals surface area contributed by atoms with Crippen molar-refractivity contribution in [2.45, 2.75) is 68.7 Å². The molecular weight excluding hydrogens is 420 g/mol.